The van der Waals surface area contributed by atoms with Crippen LogP contribution in [0.2, 0.25) is 0 Å². The van der Waals surface area contributed by atoms with Crippen LogP contribution >= 0.6 is 11.3 Å². The van der Waals surface area contributed by atoms with Crippen LogP contribution < -0.4 is 0 Å². The van der Waals surface area contributed by atoms with Gasteiger partial charge in [0.2, 0.25) is 0 Å². The number of hydrogen-bond acceptors (Lipinski definition) is 5. The molecule has 2 atom stereocenters. The standard InChI is InChI=1S/C23H21N3O2S/c27-23(28)18-4-3-11-26(14-18)21(22-25-19-5-1-2-6-20(19)29-22)16-7-8-17-13-24-10-9-15(17)12-16/h1-2,5-10,12-13,18,21H,3-4,11,14H2,(H,27,28). The summed E-state index contributed by atoms with van der Waals surface area (Å²) in [6.07, 6.45) is 5.30. The molecule has 0 aliphatic carbocycles. The second kappa shape index (κ2) is 7.54. The van der Waals surface area contributed by atoms with Crippen molar-refractivity contribution >= 4 is 38.3 Å². The molecule has 29 heavy (non-hydrogen) atoms. The topological polar surface area (TPSA) is 66.3 Å². The quantitative estimate of drug-likeness (QED) is 0.534. The van der Waals surface area contributed by atoms with Gasteiger partial charge in [-0.2, -0.15) is 0 Å². The number of aromatic nitrogens is 2. The number of carbonyl (C=O) groups is 1. The molecule has 1 fully saturated rings. The van der Waals surface area contributed by atoms with E-state index < -0.39 is 5.97 Å². The molecule has 5 rings (SSSR count). The highest BCUT2D eigenvalue weighted by Crippen LogP contribution is 2.37. The Morgan fingerprint density at radius 3 is 2.93 bits per heavy atom. The number of piperidine rings is 1. The van der Waals surface area contributed by atoms with Gasteiger partial charge in [-0.25, -0.2) is 4.98 Å². The largest absolute Gasteiger partial charge is 0.481 e. The maximum atomic E-state index is 11.7. The van der Waals surface area contributed by atoms with E-state index in [9.17, 15) is 9.90 Å². The summed E-state index contributed by atoms with van der Waals surface area (Å²) in [5.41, 5.74) is 2.14. The Morgan fingerprint density at radius 2 is 2.07 bits per heavy atom. The molecule has 1 aliphatic rings. The van der Waals surface area contributed by atoms with Crippen molar-refractivity contribution in [3.8, 4) is 0 Å². The Balaban J connectivity index is 1.62. The van der Waals surface area contributed by atoms with Gasteiger partial charge in [0, 0.05) is 24.3 Å². The highest BCUT2D eigenvalue weighted by Gasteiger charge is 2.33. The maximum Gasteiger partial charge on any atom is 0.307 e. The lowest BCUT2D eigenvalue weighted by Crippen LogP contribution is -2.41. The monoisotopic (exact) mass is 403 g/mol. The van der Waals surface area contributed by atoms with Crippen LogP contribution in [0.3, 0.4) is 0 Å². The second-order valence-electron chi connectivity index (χ2n) is 7.58. The first-order valence-corrected chi connectivity index (χ1v) is 10.7. The summed E-state index contributed by atoms with van der Waals surface area (Å²) in [6, 6.07) is 16.6. The molecule has 146 valence electrons. The van der Waals surface area contributed by atoms with Crippen molar-refractivity contribution in [3.05, 3.63) is 71.5 Å². The van der Waals surface area contributed by atoms with Crippen molar-refractivity contribution in [1.29, 1.82) is 0 Å². The van der Waals surface area contributed by atoms with Crippen LogP contribution in [0.25, 0.3) is 21.0 Å². The average molecular weight is 404 g/mol. The molecule has 2 unspecified atom stereocenters. The molecule has 1 N–H and O–H groups in total. The van der Waals surface area contributed by atoms with Crippen molar-refractivity contribution < 1.29 is 9.90 Å². The smallest absolute Gasteiger partial charge is 0.307 e. The Bertz CT molecular complexity index is 1160. The number of carboxylic acids is 1. The normalized spacial score (nSPS) is 18.8. The zero-order valence-corrected chi connectivity index (χ0v) is 16.7. The van der Waals surface area contributed by atoms with E-state index >= 15 is 0 Å². The Morgan fingerprint density at radius 1 is 1.17 bits per heavy atom. The molecule has 2 aromatic heterocycles. The number of aliphatic carboxylic acids is 1. The first-order chi connectivity index (χ1) is 14.2. The number of benzene rings is 2. The molecule has 5 nitrogen and oxygen atoms in total. The van der Waals surface area contributed by atoms with Crippen LogP contribution in [0.4, 0.5) is 0 Å². The third kappa shape index (κ3) is 3.50. The predicted octanol–water partition coefficient (Wildman–Crippen LogP) is 4.73. The summed E-state index contributed by atoms with van der Waals surface area (Å²) in [7, 11) is 0. The molecule has 0 spiro atoms. The minimum Gasteiger partial charge on any atom is -0.481 e. The average Bonchev–Trinajstić information content (AvgIpc) is 3.17. The highest BCUT2D eigenvalue weighted by molar-refractivity contribution is 7.18. The summed E-state index contributed by atoms with van der Waals surface area (Å²) in [5.74, 6) is -1.03. The minimum atomic E-state index is -0.706. The summed E-state index contributed by atoms with van der Waals surface area (Å²) in [4.78, 5) is 23.1. The Kier molecular flexibility index (Phi) is 4.73. The molecule has 4 aromatic rings. The molecule has 6 heteroatoms. The molecule has 3 heterocycles. The van der Waals surface area contributed by atoms with Gasteiger partial charge in [-0.3, -0.25) is 14.7 Å². The van der Waals surface area contributed by atoms with E-state index in [1.54, 1.807) is 17.5 Å². The number of thiazole rings is 1. The van der Waals surface area contributed by atoms with Crippen molar-refractivity contribution in [3.63, 3.8) is 0 Å². The van der Waals surface area contributed by atoms with Gasteiger partial charge in [-0.05, 0) is 54.6 Å². The molecule has 0 saturated carbocycles. The van der Waals surface area contributed by atoms with E-state index in [0.717, 1.165) is 50.9 Å². The Labute approximate surface area is 172 Å². The molecule has 0 radical (unpaired) electrons. The van der Waals surface area contributed by atoms with Crippen LogP contribution in [0.15, 0.2) is 60.9 Å². The lowest BCUT2D eigenvalue weighted by atomic mass is 9.94. The number of likely N-dealkylation sites (tertiary alicyclic amines) is 1. The number of pyridine rings is 1. The van der Waals surface area contributed by atoms with E-state index in [-0.39, 0.29) is 12.0 Å². The van der Waals surface area contributed by atoms with Crippen molar-refractivity contribution in [2.75, 3.05) is 13.1 Å². The summed E-state index contributed by atoms with van der Waals surface area (Å²) >= 11 is 1.70. The lowest BCUT2D eigenvalue weighted by molar-refractivity contribution is -0.143. The second-order valence-corrected chi connectivity index (χ2v) is 8.64. The number of fused-ring (bicyclic) bond motifs is 2. The number of hydrogen-bond donors (Lipinski definition) is 1. The fraction of sp³-hybridized carbons (Fsp3) is 0.261. The fourth-order valence-corrected chi connectivity index (χ4v) is 5.36. The summed E-state index contributed by atoms with van der Waals surface area (Å²) < 4.78 is 1.16. The highest BCUT2D eigenvalue weighted by atomic mass is 32.1. The van der Waals surface area contributed by atoms with E-state index in [0.29, 0.717) is 6.54 Å². The number of carboxylic acid groups (broad SMARTS) is 1. The van der Waals surface area contributed by atoms with Crippen LogP contribution in [0.1, 0.15) is 29.5 Å². The SMILES string of the molecule is O=C(O)C1CCCN(C(c2ccc3cnccc3c2)c2nc3ccccc3s2)C1. The molecular weight excluding hydrogens is 382 g/mol. The van der Waals surface area contributed by atoms with Gasteiger partial charge in [0.05, 0.1) is 22.2 Å². The number of para-hydroxylation sites is 1. The fourth-order valence-electron chi connectivity index (χ4n) is 4.23. The van der Waals surface area contributed by atoms with E-state index in [1.165, 1.54) is 0 Å². The molecular formula is C23H21N3O2S. The van der Waals surface area contributed by atoms with E-state index in [1.807, 2.05) is 30.5 Å². The van der Waals surface area contributed by atoms with Crippen LogP contribution in [-0.4, -0.2) is 39.0 Å². The van der Waals surface area contributed by atoms with Gasteiger partial charge in [-0.1, -0.05) is 24.3 Å². The van der Waals surface area contributed by atoms with Gasteiger partial charge < -0.3 is 5.11 Å². The summed E-state index contributed by atoms with van der Waals surface area (Å²) in [5, 5.41) is 12.8. The first kappa shape index (κ1) is 18.2. The number of nitrogens with zero attached hydrogens (tertiary/aromatic N) is 3. The van der Waals surface area contributed by atoms with Crippen molar-refractivity contribution in [1.82, 2.24) is 14.9 Å². The lowest BCUT2D eigenvalue weighted by Gasteiger charge is -2.36. The molecule has 2 aromatic carbocycles. The minimum absolute atomic E-state index is 0.0490. The molecule has 1 aliphatic heterocycles. The van der Waals surface area contributed by atoms with Crippen LogP contribution in [0.5, 0.6) is 0 Å². The van der Waals surface area contributed by atoms with E-state index in [2.05, 4.69) is 34.1 Å². The van der Waals surface area contributed by atoms with Gasteiger partial charge in [0.25, 0.3) is 0 Å². The van der Waals surface area contributed by atoms with E-state index in [4.69, 9.17) is 4.98 Å². The Hall–Kier alpha value is -2.83. The first-order valence-electron chi connectivity index (χ1n) is 9.85. The molecule has 0 bridgehead atoms. The predicted molar refractivity (Wildman–Crippen MR) is 115 cm³/mol. The third-order valence-electron chi connectivity index (χ3n) is 5.69. The zero-order chi connectivity index (χ0) is 19.8. The summed E-state index contributed by atoms with van der Waals surface area (Å²) in [6.45, 7) is 1.42. The van der Waals surface area contributed by atoms with Gasteiger partial charge >= 0.3 is 5.97 Å². The molecule has 0 amide bonds. The van der Waals surface area contributed by atoms with Crippen molar-refractivity contribution in [2.45, 2.75) is 18.9 Å². The third-order valence-corrected chi connectivity index (χ3v) is 6.78. The maximum absolute atomic E-state index is 11.7. The number of rotatable bonds is 4. The van der Waals surface area contributed by atoms with Crippen molar-refractivity contribution in [2.24, 2.45) is 5.92 Å². The van der Waals surface area contributed by atoms with Gasteiger partial charge in [-0.15, -0.1) is 11.3 Å². The zero-order valence-electron chi connectivity index (χ0n) is 15.9. The van der Waals surface area contributed by atoms with Gasteiger partial charge in [0.15, 0.2) is 0 Å². The molecule has 1 saturated heterocycles. The van der Waals surface area contributed by atoms with Crippen LogP contribution in [-0.2, 0) is 4.79 Å². The van der Waals surface area contributed by atoms with Crippen LogP contribution in [0, 0.1) is 5.92 Å². The van der Waals surface area contributed by atoms with Gasteiger partial charge in [0.1, 0.15) is 5.01 Å².